The zero-order valence-electron chi connectivity index (χ0n) is 13.8. The lowest BCUT2D eigenvalue weighted by Crippen LogP contribution is -2.02. The van der Waals surface area contributed by atoms with Crippen LogP contribution in [0, 0.1) is 27.7 Å². The molecule has 0 N–H and O–H groups in total. The highest BCUT2D eigenvalue weighted by atomic mass is 31.1. The van der Waals surface area contributed by atoms with Crippen molar-refractivity contribution in [1.29, 1.82) is 0 Å². The van der Waals surface area contributed by atoms with Crippen molar-refractivity contribution in [2.45, 2.75) is 33.9 Å². The summed E-state index contributed by atoms with van der Waals surface area (Å²) in [5.74, 6) is 0. The Morgan fingerprint density at radius 1 is 1.00 bits per heavy atom. The van der Waals surface area contributed by atoms with Gasteiger partial charge in [-0.2, -0.15) is 0 Å². The number of carbonyl (C=O) groups is 1. The average Bonchev–Trinajstić information content (AvgIpc) is 2.52. The predicted molar refractivity (Wildman–Crippen MR) is 99.7 cm³/mol. The van der Waals surface area contributed by atoms with Gasteiger partial charge in [0, 0.05) is 0 Å². The Morgan fingerprint density at radius 2 is 1.64 bits per heavy atom. The summed E-state index contributed by atoms with van der Waals surface area (Å²) in [5, 5.41) is 0. The number of aryl methyl sites for hydroxylation is 1. The molecule has 0 aromatic heterocycles. The van der Waals surface area contributed by atoms with Crippen LogP contribution in [0.1, 0.15) is 33.4 Å². The van der Waals surface area contributed by atoms with Crippen molar-refractivity contribution in [3.8, 4) is 11.1 Å². The van der Waals surface area contributed by atoms with Crippen LogP contribution in [0.4, 0.5) is 0 Å². The molecule has 0 aliphatic carbocycles. The first-order chi connectivity index (χ1) is 10.5. The second kappa shape index (κ2) is 7.03. The largest absolute Gasteiger partial charge is 0.299 e. The Balaban J connectivity index is 2.75. The lowest BCUT2D eigenvalue weighted by Gasteiger charge is -2.21. The van der Waals surface area contributed by atoms with Crippen LogP contribution in [-0.2, 0) is 11.0 Å². The molecule has 0 bridgehead atoms. The minimum Gasteiger partial charge on any atom is -0.299 e. The highest BCUT2D eigenvalue weighted by Crippen LogP contribution is 2.37. The van der Waals surface area contributed by atoms with Crippen LogP contribution in [0.3, 0.4) is 0 Å². The van der Waals surface area contributed by atoms with Gasteiger partial charge in [0.25, 0.3) is 0 Å². The fourth-order valence-electron chi connectivity index (χ4n) is 3.01. The van der Waals surface area contributed by atoms with Gasteiger partial charge in [0.1, 0.15) is 6.03 Å². The zero-order chi connectivity index (χ0) is 16.3. The summed E-state index contributed by atoms with van der Waals surface area (Å²) < 4.78 is 0. The average molecular weight is 310 g/mol. The fraction of sp³-hybridized carbons (Fsp3) is 0.250. The smallest absolute Gasteiger partial charge is 0.139 e. The Morgan fingerprint density at radius 3 is 2.18 bits per heavy atom. The van der Waals surface area contributed by atoms with Crippen LogP contribution in [0.15, 0.2) is 30.8 Å². The van der Waals surface area contributed by atoms with Crippen molar-refractivity contribution in [1.82, 2.24) is 0 Å². The van der Waals surface area contributed by atoms with Crippen molar-refractivity contribution in [3.05, 3.63) is 64.2 Å². The van der Waals surface area contributed by atoms with Crippen molar-refractivity contribution in [3.63, 3.8) is 0 Å². The van der Waals surface area contributed by atoms with Gasteiger partial charge >= 0.3 is 0 Å². The van der Waals surface area contributed by atoms with Gasteiger partial charge in [-0.1, -0.05) is 42.5 Å². The molecular formula is C20H23OP. The van der Waals surface area contributed by atoms with Gasteiger partial charge in [-0.25, -0.2) is 0 Å². The molecule has 0 saturated carbocycles. The van der Waals surface area contributed by atoms with Crippen molar-refractivity contribution in [2.24, 2.45) is 0 Å². The second-order valence-electron chi connectivity index (χ2n) is 5.71. The van der Waals surface area contributed by atoms with E-state index >= 15 is 0 Å². The molecule has 114 valence electrons. The number of carbonyl (C=O) groups excluding carboxylic acids is 1. The van der Waals surface area contributed by atoms with E-state index < -0.39 is 0 Å². The van der Waals surface area contributed by atoms with Crippen LogP contribution in [-0.4, -0.2) is 6.03 Å². The van der Waals surface area contributed by atoms with E-state index in [4.69, 9.17) is 0 Å². The molecule has 0 fully saturated rings. The molecule has 0 spiro atoms. The maximum absolute atomic E-state index is 10.8. The van der Waals surface area contributed by atoms with Crippen molar-refractivity contribution < 1.29 is 4.79 Å². The van der Waals surface area contributed by atoms with Crippen LogP contribution in [0.2, 0.25) is 0 Å². The van der Waals surface area contributed by atoms with Gasteiger partial charge in [0.2, 0.25) is 0 Å². The minimum atomic E-state index is 0.325. The highest BCUT2D eigenvalue weighted by Gasteiger charge is 2.16. The molecule has 1 atom stereocenters. The maximum atomic E-state index is 10.8. The standard InChI is InChI=1S/C20H23OP/c1-6-18-14(3)15(4)19(11-22-12-21)16(5)20(18)17-9-7-13(2)8-10-17/h6-10,12,22H,1,11H2,2-5H3. The molecule has 2 aromatic carbocycles. The topological polar surface area (TPSA) is 17.1 Å². The molecule has 1 nitrogen and oxygen atoms in total. The summed E-state index contributed by atoms with van der Waals surface area (Å²) in [6, 6.07) is 9.66. The van der Waals surface area contributed by atoms with E-state index in [-0.39, 0.29) is 0 Å². The van der Waals surface area contributed by atoms with Crippen LogP contribution in [0.25, 0.3) is 17.2 Å². The Labute approximate surface area is 135 Å². The number of rotatable bonds is 5. The number of hydrogen-bond acceptors (Lipinski definition) is 1. The van der Waals surface area contributed by atoms with Crippen molar-refractivity contribution >= 4 is 20.7 Å². The second-order valence-corrected chi connectivity index (χ2v) is 6.71. The van der Waals surface area contributed by atoms with E-state index in [1.165, 1.54) is 44.5 Å². The molecule has 0 radical (unpaired) electrons. The minimum absolute atomic E-state index is 0.325. The quantitative estimate of drug-likeness (QED) is 0.519. The third-order valence-corrected chi connectivity index (χ3v) is 5.15. The summed E-state index contributed by atoms with van der Waals surface area (Å²) in [6.45, 7) is 12.6. The molecule has 0 aliphatic rings. The molecule has 22 heavy (non-hydrogen) atoms. The van der Waals surface area contributed by atoms with E-state index in [0.717, 1.165) is 12.2 Å². The van der Waals surface area contributed by atoms with Crippen molar-refractivity contribution in [2.75, 3.05) is 0 Å². The first kappa shape index (κ1) is 16.6. The molecule has 0 saturated heterocycles. The monoisotopic (exact) mass is 310 g/mol. The summed E-state index contributed by atoms with van der Waals surface area (Å²) in [7, 11) is 0.325. The molecule has 2 aromatic rings. The summed E-state index contributed by atoms with van der Waals surface area (Å²) in [6.07, 6.45) is 2.79. The van der Waals surface area contributed by atoms with Gasteiger partial charge in [-0.15, -0.1) is 0 Å². The normalized spacial score (nSPS) is 11.1. The first-order valence-electron chi connectivity index (χ1n) is 7.50. The summed E-state index contributed by atoms with van der Waals surface area (Å²) in [4.78, 5) is 10.8. The van der Waals surface area contributed by atoms with Gasteiger partial charge < -0.3 is 0 Å². The summed E-state index contributed by atoms with van der Waals surface area (Å²) >= 11 is 0. The van der Waals surface area contributed by atoms with Gasteiger partial charge in [0.05, 0.1) is 0 Å². The Hall–Kier alpha value is -1.72. The van der Waals surface area contributed by atoms with E-state index in [1.807, 2.05) is 6.08 Å². The first-order valence-corrected chi connectivity index (χ1v) is 8.78. The molecule has 0 heterocycles. The van der Waals surface area contributed by atoms with E-state index in [0.29, 0.717) is 8.58 Å². The predicted octanol–water partition coefficient (Wildman–Crippen LogP) is 5.60. The van der Waals surface area contributed by atoms with E-state index in [2.05, 4.69) is 58.5 Å². The third kappa shape index (κ3) is 3.05. The van der Waals surface area contributed by atoms with Gasteiger partial charge in [-0.3, -0.25) is 4.79 Å². The third-order valence-electron chi connectivity index (χ3n) is 4.42. The molecule has 0 aliphatic heterocycles. The molecule has 2 rings (SSSR count). The maximum Gasteiger partial charge on any atom is 0.139 e. The molecule has 2 heteroatoms. The molecule has 1 unspecified atom stereocenters. The highest BCUT2D eigenvalue weighted by molar-refractivity contribution is 7.54. The van der Waals surface area contributed by atoms with Gasteiger partial charge in [0.15, 0.2) is 0 Å². The number of benzene rings is 2. The molecule has 0 amide bonds. The number of hydrogen-bond donors (Lipinski definition) is 0. The Kier molecular flexibility index (Phi) is 5.32. The molecular weight excluding hydrogens is 287 g/mol. The summed E-state index contributed by atoms with van der Waals surface area (Å²) in [5.41, 5.74) is 10.1. The fourth-order valence-corrected chi connectivity index (χ4v) is 3.82. The van der Waals surface area contributed by atoms with E-state index in [1.54, 1.807) is 0 Å². The van der Waals surface area contributed by atoms with Crippen LogP contribution in [0.5, 0.6) is 0 Å². The van der Waals surface area contributed by atoms with Crippen LogP contribution < -0.4 is 0 Å². The SMILES string of the molecule is C=Cc1c(C)c(C)c(CPC=O)c(C)c1-c1ccc(C)cc1. The zero-order valence-corrected chi connectivity index (χ0v) is 14.8. The van der Waals surface area contributed by atoms with Crippen LogP contribution >= 0.6 is 8.58 Å². The van der Waals surface area contributed by atoms with Gasteiger partial charge in [-0.05, 0) is 81.4 Å². The lowest BCUT2D eigenvalue weighted by molar-refractivity contribution is 0.569. The Bertz CT molecular complexity index is 712. The lowest BCUT2D eigenvalue weighted by atomic mass is 9.85. The van der Waals surface area contributed by atoms with E-state index in [9.17, 15) is 4.79 Å².